The monoisotopic (exact) mass is 218 g/mol. The number of benzene rings is 1. The first-order valence-electron chi connectivity index (χ1n) is 5.13. The number of rotatable bonds is 2. The van der Waals surface area contributed by atoms with E-state index < -0.39 is 0 Å². The molecule has 0 aliphatic heterocycles. The summed E-state index contributed by atoms with van der Waals surface area (Å²) in [5.41, 5.74) is 16.2. The SMILES string of the molecule is CC(C)=Nc1cc(N)c(N=C(C)C)cc1N. The number of hydrogen-bond acceptors (Lipinski definition) is 4. The summed E-state index contributed by atoms with van der Waals surface area (Å²) >= 11 is 0. The van der Waals surface area contributed by atoms with Crippen molar-refractivity contribution in [1.82, 2.24) is 0 Å². The normalized spacial score (nSPS) is 9.75. The van der Waals surface area contributed by atoms with E-state index in [-0.39, 0.29) is 0 Å². The van der Waals surface area contributed by atoms with Gasteiger partial charge in [0.15, 0.2) is 0 Å². The molecule has 0 spiro atoms. The predicted octanol–water partition coefficient (Wildman–Crippen LogP) is 3.08. The van der Waals surface area contributed by atoms with Crippen molar-refractivity contribution in [3.8, 4) is 0 Å². The van der Waals surface area contributed by atoms with Gasteiger partial charge in [-0.05, 0) is 39.8 Å². The number of aliphatic imine (C=N–C) groups is 2. The highest BCUT2D eigenvalue weighted by Crippen LogP contribution is 2.33. The summed E-state index contributed by atoms with van der Waals surface area (Å²) in [6.45, 7) is 7.66. The zero-order valence-corrected chi connectivity index (χ0v) is 10.2. The molecule has 0 heterocycles. The van der Waals surface area contributed by atoms with E-state index in [4.69, 9.17) is 11.5 Å². The van der Waals surface area contributed by atoms with Crippen LogP contribution in [0.5, 0.6) is 0 Å². The van der Waals surface area contributed by atoms with E-state index >= 15 is 0 Å². The quantitative estimate of drug-likeness (QED) is 0.591. The van der Waals surface area contributed by atoms with Gasteiger partial charge in [0, 0.05) is 11.4 Å². The Bertz CT molecular complexity index is 407. The number of hydrogen-bond donors (Lipinski definition) is 2. The molecular weight excluding hydrogens is 200 g/mol. The molecule has 1 aromatic carbocycles. The lowest BCUT2D eigenvalue weighted by Gasteiger charge is -2.06. The zero-order chi connectivity index (χ0) is 12.3. The van der Waals surface area contributed by atoms with E-state index in [2.05, 4.69) is 9.98 Å². The molecule has 0 unspecified atom stereocenters. The van der Waals surface area contributed by atoms with Crippen molar-refractivity contribution < 1.29 is 0 Å². The largest absolute Gasteiger partial charge is 0.397 e. The minimum atomic E-state index is 0.593. The Hall–Kier alpha value is -1.84. The maximum absolute atomic E-state index is 5.88. The molecule has 0 aliphatic carbocycles. The van der Waals surface area contributed by atoms with Crippen LogP contribution >= 0.6 is 0 Å². The smallest absolute Gasteiger partial charge is 0.0880 e. The molecule has 1 rings (SSSR count). The number of nitrogen functional groups attached to an aromatic ring is 2. The predicted molar refractivity (Wildman–Crippen MR) is 72.2 cm³/mol. The molecule has 0 fully saturated rings. The van der Waals surface area contributed by atoms with Gasteiger partial charge in [0.05, 0.1) is 22.7 Å². The Balaban J connectivity index is 3.27. The van der Waals surface area contributed by atoms with Crippen molar-refractivity contribution in [2.45, 2.75) is 27.7 Å². The molecule has 0 aliphatic rings. The average molecular weight is 218 g/mol. The summed E-state index contributed by atoms with van der Waals surface area (Å²) in [4.78, 5) is 8.61. The first kappa shape index (κ1) is 12.2. The molecule has 1 aromatic rings. The third-order valence-corrected chi connectivity index (χ3v) is 1.86. The number of anilines is 2. The van der Waals surface area contributed by atoms with E-state index in [1.165, 1.54) is 0 Å². The second kappa shape index (κ2) is 4.79. The topological polar surface area (TPSA) is 76.8 Å². The molecule has 16 heavy (non-hydrogen) atoms. The Kier molecular flexibility index (Phi) is 3.66. The molecule has 0 bridgehead atoms. The van der Waals surface area contributed by atoms with Gasteiger partial charge in [0.25, 0.3) is 0 Å². The van der Waals surface area contributed by atoms with Crippen molar-refractivity contribution >= 4 is 34.2 Å². The fourth-order valence-corrected chi connectivity index (χ4v) is 1.28. The molecule has 0 amide bonds. The van der Waals surface area contributed by atoms with Crippen LogP contribution in [-0.2, 0) is 0 Å². The Morgan fingerprint density at radius 3 is 1.38 bits per heavy atom. The number of nitrogens with zero attached hydrogens (tertiary/aromatic N) is 2. The van der Waals surface area contributed by atoms with Gasteiger partial charge in [-0.25, -0.2) is 0 Å². The molecule has 4 N–H and O–H groups in total. The molecule has 0 radical (unpaired) electrons. The molecule has 0 aromatic heterocycles. The van der Waals surface area contributed by atoms with E-state index in [0.29, 0.717) is 22.7 Å². The summed E-state index contributed by atoms with van der Waals surface area (Å²) in [5, 5.41) is 0. The highest BCUT2D eigenvalue weighted by molar-refractivity contribution is 5.89. The van der Waals surface area contributed by atoms with Gasteiger partial charge in [-0.15, -0.1) is 0 Å². The molecule has 0 saturated heterocycles. The van der Waals surface area contributed by atoms with Crippen molar-refractivity contribution in [2.75, 3.05) is 11.5 Å². The van der Waals surface area contributed by atoms with Gasteiger partial charge >= 0.3 is 0 Å². The van der Waals surface area contributed by atoms with Crippen LogP contribution in [0.4, 0.5) is 22.7 Å². The van der Waals surface area contributed by atoms with Crippen LogP contribution in [0.1, 0.15) is 27.7 Å². The molecular formula is C12H18N4. The molecule has 86 valence electrons. The maximum Gasteiger partial charge on any atom is 0.0880 e. The van der Waals surface area contributed by atoms with Crippen molar-refractivity contribution in [1.29, 1.82) is 0 Å². The summed E-state index contributed by atoms with van der Waals surface area (Å²) in [5.74, 6) is 0. The molecule has 4 nitrogen and oxygen atoms in total. The molecule has 0 atom stereocenters. The van der Waals surface area contributed by atoms with Gasteiger partial charge in [-0.1, -0.05) is 0 Å². The highest BCUT2D eigenvalue weighted by atomic mass is 14.8. The molecule has 4 heteroatoms. The lowest BCUT2D eigenvalue weighted by Crippen LogP contribution is -1.93. The maximum atomic E-state index is 5.88. The minimum absolute atomic E-state index is 0.593. The van der Waals surface area contributed by atoms with Crippen LogP contribution in [0.25, 0.3) is 0 Å². The summed E-state index contributed by atoms with van der Waals surface area (Å²) in [6, 6.07) is 3.51. The number of nitrogens with two attached hydrogens (primary N) is 2. The Morgan fingerprint density at radius 1 is 0.812 bits per heavy atom. The Labute approximate surface area is 96.1 Å². The van der Waals surface area contributed by atoms with Gasteiger partial charge in [-0.3, -0.25) is 9.98 Å². The van der Waals surface area contributed by atoms with Crippen LogP contribution in [0.3, 0.4) is 0 Å². The average Bonchev–Trinajstić information content (AvgIpc) is 2.11. The van der Waals surface area contributed by atoms with Crippen LogP contribution in [0, 0.1) is 0 Å². The van der Waals surface area contributed by atoms with Gasteiger partial charge in [-0.2, -0.15) is 0 Å². The van der Waals surface area contributed by atoms with Gasteiger partial charge < -0.3 is 11.5 Å². The summed E-state index contributed by atoms with van der Waals surface area (Å²) in [6.07, 6.45) is 0. The van der Waals surface area contributed by atoms with Crippen LogP contribution in [-0.4, -0.2) is 11.4 Å². The van der Waals surface area contributed by atoms with Crippen molar-refractivity contribution in [3.05, 3.63) is 12.1 Å². The lowest BCUT2D eigenvalue weighted by molar-refractivity contribution is 1.43. The highest BCUT2D eigenvalue weighted by Gasteiger charge is 2.04. The Morgan fingerprint density at radius 2 is 1.12 bits per heavy atom. The third kappa shape index (κ3) is 3.08. The summed E-state index contributed by atoms with van der Waals surface area (Å²) < 4.78 is 0. The van der Waals surface area contributed by atoms with E-state index in [1.807, 2.05) is 27.7 Å². The standard InChI is InChI=1S/C12H18N4/c1-7(2)15-11-5-10(14)12(6-9(11)13)16-8(3)4/h5-6H,13-14H2,1-4H3. The van der Waals surface area contributed by atoms with Gasteiger partial charge in [0.2, 0.25) is 0 Å². The van der Waals surface area contributed by atoms with Crippen LogP contribution in [0.15, 0.2) is 22.1 Å². The van der Waals surface area contributed by atoms with E-state index in [0.717, 1.165) is 11.4 Å². The van der Waals surface area contributed by atoms with Crippen molar-refractivity contribution in [3.63, 3.8) is 0 Å². The lowest BCUT2D eigenvalue weighted by atomic mass is 10.2. The second-order valence-corrected chi connectivity index (χ2v) is 4.09. The molecule has 0 saturated carbocycles. The van der Waals surface area contributed by atoms with Crippen molar-refractivity contribution in [2.24, 2.45) is 9.98 Å². The fraction of sp³-hybridized carbons (Fsp3) is 0.333. The first-order chi connectivity index (χ1) is 7.40. The minimum Gasteiger partial charge on any atom is -0.397 e. The van der Waals surface area contributed by atoms with Gasteiger partial charge in [0.1, 0.15) is 0 Å². The summed E-state index contributed by atoms with van der Waals surface area (Å²) in [7, 11) is 0. The zero-order valence-electron chi connectivity index (χ0n) is 10.2. The van der Waals surface area contributed by atoms with Crippen LogP contribution < -0.4 is 11.5 Å². The van der Waals surface area contributed by atoms with Crippen LogP contribution in [0.2, 0.25) is 0 Å². The first-order valence-corrected chi connectivity index (χ1v) is 5.13. The second-order valence-electron chi connectivity index (χ2n) is 4.09. The third-order valence-electron chi connectivity index (χ3n) is 1.86. The fourth-order valence-electron chi connectivity index (χ4n) is 1.28. The van der Waals surface area contributed by atoms with E-state index in [9.17, 15) is 0 Å². The van der Waals surface area contributed by atoms with E-state index in [1.54, 1.807) is 12.1 Å².